The van der Waals surface area contributed by atoms with Crippen molar-refractivity contribution in [3.05, 3.63) is 29.3 Å². The van der Waals surface area contributed by atoms with Crippen LogP contribution >= 0.6 is 0 Å². The first kappa shape index (κ1) is 17.6. The predicted octanol–water partition coefficient (Wildman–Crippen LogP) is 1.29. The van der Waals surface area contributed by atoms with Gasteiger partial charge in [0.15, 0.2) is 9.84 Å². The normalized spacial score (nSPS) is 12.3. The molecule has 0 unspecified atom stereocenters. The Balaban J connectivity index is 2.94. The third-order valence-electron chi connectivity index (χ3n) is 3.11. The first-order chi connectivity index (χ1) is 9.59. The Kier molecular flexibility index (Phi) is 5.52. The van der Waals surface area contributed by atoms with E-state index in [0.29, 0.717) is 5.56 Å². The van der Waals surface area contributed by atoms with Gasteiger partial charge in [0.05, 0.1) is 22.0 Å². The second kappa shape index (κ2) is 6.57. The third-order valence-corrected chi connectivity index (χ3v) is 6.70. The maximum Gasteiger partial charge on any atom is 0.335 e. The van der Waals surface area contributed by atoms with E-state index in [1.807, 2.05) is 0 Å². The highest BCUT2D eigenvalue weighted by Crippen LogP contribution is 2.18. The molecule has 1 rings (SSSR count). The van der Waals surface area contributed by atoms with Gasteiger partial charge in [0, 0.05) is 5.75 Å². The van der Waals surface area contributed by atoms with Gasteiger partial charge in [-0.2, -0.15) is 0 Å². The summed E-state index contributed by atoms with van der Waals surface area (Å²) in [6.07, 6.45) is -0.00517. The molecule has 0 atom stereocenters. The Morgan fingerprint density at radius 1 is 1.14 bits per heavy atom. The largest absolute Gasteiger partial charge is 0.478 e. The molecule has 0 saturated carbocycles. The lowest BCUT2D eigenvalue weighted by atomic mass is 10.1. The molecule has 0 amide bonds. The van der Waals surface area contributed by atoms with Gasteiger partial charge in [-0.1, -0.05) is 13.0 Å². The molecule has 0 aliphatic heterocycles. The van der Waals surface area contributed by atoms with E-state index in [9.17, 15) is 21.6 Å². The van der Waals surface area contributed by atoms with Crippen LogP contribution in [0.2, 0.25) is 0 Å². The summed E-state index contributed by atoms with van der Waals surface area (Å²) in [6.45, 7) is 3.08. The van der Waals surface area contributed by atoms with Crippen molar-refractivity contribution in [2.45, 2.75) is 25.2 Å². The van der Waals surface area contributed by atoms with Gasteiger partial charge in [-0.15, -0.1) is 0 Å². The number of hydrogen-bond donors (Lipinski definition) is 1. The summed E-state index contributed by atoms with van der Waals surface area (Å²) in [4.78, 5) is 10.9. The first-order valence-electron chi connectivity index (χ1n) is 6.36. The lowest BCUT2D eigenvalue weighted by molar-refractivity contribution is 0.0696. The van der Waals surface area contributed by atoms with Gasteiger partial charge in [-0.3, -0.25) is 0 Å². The van der Waals surface area contributed by atoms with Crippen LogP contribution in [0.1, 0.15) is 29.3 Å². The molecule has 0 heterocycles. The maximum atomic E-state index is 12.1. The lowest BCUT2D eigenvalue weighted by Gasteiger charge is -2.07. The fourth-order valence-corrected chi connectivity index (χ4v) is 4.14. The second-order valence-electron chi connectivity index (χ2n) is 4.69. The molecule has 1 N–H and O–H groups in total. The van der Waals surface area contributed by atoms with Crippen molar-refractivity contribution in [2.24, 2.45) is 0 Å². The fraction of sp³-hybridized carbons (Fsp3) is 0.462. The van der Waals surface area contributed by atoms with Crippen molar-refractivity contribution >= 4 is 25.6 Å². The molecular weight excluding hydrogens is 316 g/mol. The molecule has 1 aromatic rings. The minimum absolute atomic E-state index is 0.00517. The van der Waals surface area contributed by atoms with Crippen LogP contribution in [-0.4, -0.2) is 45.2 Å². The van der Waals surface area contributed by atoms with Crippen molar-refractivity contribution in [1.29, 1.82) is 0 Å². The summed E-state index contributed by atoms with van der Waals surface area (Å²) in [7, 11) is -6.90. The van der Waals surface area contributed by atoms with E-state index in [1.54, 1.807) is 6.92 Å². The molecule has 0 aliphatic carbocycles. The van der Waals surface area contributed by atoms with Gasteiger partial charge < -0.3 is 5.11 Å². The van der Waals surface area contributed by atoms with Gasteiger partial charge in [0.25, 0.3) is 0 Å². The molecule has 118 valence electrons. The molecule has 0 saturated heterocycles. The average Bonchev–Trinajstić information content (AvgIpc) is 2.38. The summed E-state index contributed by atoms with van der Waals surface area (Å²) >= 11 is 0. The number of carboxylic acid groups (broad SMARTS) is 1. The highest BCUT2D eigenvalue weighted by atomic mass is 32.2. The smallest absolute Gasteiger partial charge is 0.335 e. The van der Waals surface area contributed by atoms with E-state index in [2.05, 4.69) is 0 Å². The number of carbonyl (C=O) groups is 1. The van der Waals surface area contributed by atoms with Crippen LogP contribution < -0.4 is 0 Å². The number of carboxylic acids is 1. The highest BCUT2D eigenvalue weighted by Gasteiger charge is 2.19. The van der Waals surface area contributed by atoms with Gasteiger partial charge in [-0.25, -0.2) is 21.6 Å². The Bertz CT molecular complexity index is 732. The molecule has 21 heavy (non-hydrogen) atoms. The number of aromatic carboxylic acids is 1. The van der Waals surface area contributed by atoms with E-state index in [-0.39, 0.29) is 34.1 Å². The fourth-order valence-electron chi connectivity index (χ4n) is 1.76. The molecule has 0 aromatic heterocycles. The number of rotatable bonds is 7. The number of hydrogen-bond acceptors (Lipinski definition) is 5. The first-order valence-corrected chi connectivity index (χ1v) is 9.83. The molecule has 0 aliphatic rings. The van der Waals surface area contributed by atoms with Crippen LogP contribution in [0, 0.1) is 6.92 Å². The Morgan fingerprint density at radius 3 is 2.29 bits per heavy atom. The molecule has 1 aromatic carbocycles. The van der Waals surface area contributed by atoms with Gasteiger partial charge in [-0.05, 0) is 31.0 Å². The molecule has 6 nitrogen and oxygen atoms in total. The Labute approximate surface area is 124 Å². The zero-order valence-electron chi connectivity index (χ0n) is 11.9. The van der Waals surface area contributed by atoms with Crippen LogP contribution in [-0.2, 0) is 19.7 Å². The molecular formula is C13H18O6S2. The van der Waals surface area contributed by atoms with Gasteiger partial charge >= 0.3 is 5.97 Å². The van der Waals surface area contributed by atoms with E-state index in [4.69, 9.17) is 5.11 Å². The standard InChI is InChI=1S/C13H18O6S2/c1-3-20(16,17)7-4-8-21(18,19)11-6-5-10(2)12(9-11)13(14)15/h5-6,9H,3-4,7-8H2,1-2H3,(H,14,15). The van der Waals surface area contributed by atoms with Crippen molar-refractivity contribution < 1.29 is 26.7 Å². The Hall–Kier alpha value is -1.41. The van der Waals surface area contributed by atoms with Crippen LogP contribution in [0.5, 0.6) is 0 Å². The van der Waals surface area contributed by atoms with Gasteiger partial charge in [0.2, 0.25) is 0 Å². The molecule has 8 heteroatoms. The van der Waals surface area contributed by atoms with Crippen molar-refractivity contribution in [1.82, 2.24) is 0 Å². The monoisotopic (exact) mass is 334 g/mol. The minimum Gasteiger partial charge on any atom is -0.478 e. The van der Waals surface area contributed by atoms with Crippen LogP contribution in [0.15, 0.2) is 23.1 Å². The predicted molar refractivity (Wildman–Crippen MR) is 79.1 cm³/mol. The van der Waals surface area contributed by atoms with Gasteiger partial charge in [0.1, 0.15) is 9.84 Å². The number of sulfone groups is 2. The van der Waals surface area contributed by atoms with E-state index < -0.39 is 25.6 Å². The molecule has 0 radical (unpaired) electrons. The van der Waals surface area contributed by atoms with Crippen molar-refractivity contribution in [2.75, 3.05) is 17.3 Å². The topological polar surface area (TPSA) is 106 Å². The summed E-state index contributed by atoms with van der Waals surface area (Å²) in [5.74, 6) is -1.74. The second-order valence-corrected chi connectivity index (χ2v) is 9.27. The summed E-state index contributed by atoms with van der Waals surface area (Å²) in [5.41, 5.74) is 0.396. The average molecular weight is 334 g/mol. The molecule has 0 fully saturated rings. The van der Waals surface area contributed by atoms with E-state index in [1.165, 1.54) is 19.1 Å². The van der Waals surface area contributed by atoms with Crippen LogP contribution in [0.25, 0.3) is 0 Å². The van der Waals surface area contributed by atoms with Crippen LogP contribution in [0.4, 0.5) is 0 Å². The maximum absolute atomic E-state index is 12.1. The minimum atomic E-state index is -3.69. The van der Waals surface area contributed by atoms with E-state index >= 15 is 0 Å². The molecule has 0 spiro atoms. The van der Waals surface area contributed by atoms with Crippen molar-refractivity contribution in [3.63, 3.8) is 0 Å². The quantitative estimate of drug-likeness (QED) is 0.805. The zero-order chi connectivity index (χ0) is 16.3. The van der Waals surface area contributed by atoms with Crippen molar-refractivity contribution in [3.8, 4) is 0 Å². The lowest BCUT2D eigenvalue weighted by Crippen LogP contribution is -2.15. The number of aryl methyl sites for hydroxylation is 1. The summed E-state index contributed by atoms with van der Waals surface area (Å²) in [6, 6.07) is 3.88. The van der Waals surface area contributed by atoms with E-state index in [0.717, 1.165) is 6.07 Å². The number of benzene rings is 1. The summed E-state index contributed by atoms with van der Waals surface area (Å²) in [5, 5.41) is 9.00. The zero-order valence-corrected chi connectivity index (χ0v) is 13.5. The Morgan fingerprint density at radius 2 is 1.76 bits per heavy atom. The van der Waals surface area contributed by atoms with Crippen LogP contribution in [0.3, 0.4) is 0 Å². The molecule has 0 bridgehead atoms. The third kappa shape index (κ3) is 4.82. The SMILES string of the molecule is CCS(=O)(=O)CCCS(=O)(=O)c1ccc(C)c(C(=O)O)c1. The summed E-state index contributed by atoms with van der Waals surface area (Å²) < 4.78 is 46.9. The highest BCUT2D eigenvalue weighted by molar-refractivity contribution is 7.92.